The Morgan fingerprint density at radius 2 is 1.39 bits per heavy atom. The van der Waals surface area contributed by atoms with Crippen molar-refractivity contribution in [3.05, 3.63) is 29.3 Å². The molecule has 0 aliphatic rings. The van der Waals surface area contributed by atoms with E-state index in [0.29, 0.717) is 17.1 Å². The van der Waals surface area contributed by atoms with Crippen molar-refractivity contribution in [3.8, 4) is 0 Å². The molecule has 0 saturated heterocycles. The van der Waals surface area contributed by atoms with Crippen LogP contribution in [0.1, 0.15) is 41.5 Å². The number of anilines is 2. The molecule has 0 atom stereocenters. The van der Waals surface area contributed by atoms with Gasteiger partial charge in [-0.15, -0.1) is 0 Å². The molecule has 0 unspecified atom stereocenters. The predicted molar refractivity (Wildman–Crippen MR) is 123 cm³/mol. The molecule has 4 heterocycles. The topological polar surface area (TPSA) is 131 Å². The zero-order valence-corrected chi connectivity index (χ0v) is 19.3. The van der Waals surface area contributed by atoms with E-state index in [1.54, 1.807) is 26.0 Å². The van der Waals surface area contributed by atoms with Gasteiger partial charge in [-0.25, -0.2) is 19.9 Å². The molecular formula is C20H30N10O. The van der Waals surface area contributed by atoms with Crippen molar-refractivity contribution in [2.75, 3.05) is 24.7 Å². The van der Waals surface area contributed by atoms with Crippen molar-refractivity contribution >= 4 is 34.1 Å². The Balaban J connectivity index is 0.000000176. The van der Waals surface area contributed by atoms with Crippen molar-refractivity contribution in [3.63, 3.8) is 0 Å². The van der Waals surface area contributed by atoms with Crippen LogP contribution >= 0.6 is 0 Å². The number of aromatic amines is 1. The Kier molecular flexibility index (Phi) is 5.70. The van der Waals surface area contributed by atoms with Gasteiger partial charge in [0.2, 0.25) is 5.95 Å². The van der Waals surface area contributed by atoms with Crippen molar-refractivity contribution in [1.82, 2.24) is 39.0 Å². The minimum absolute atomic E-state index is 0.0197. The Labute approximate surface area is 180 Å². The highest BCUT2D eigenvalue weighted by Gasteiger charge is 2.19. The summed E-state index contributed by atoms with van der Waals surface area (Å²) in [6.07, 6.45) is 5.00. The molecule has 0 amide bonds. The Morgan fingerprint density at radius 3 is 1.94 bits per heavy atom. The molecule has 4 rings (SSSR count). The minimum atomic E-state index is -0.225. The molecule has 0 aliphatic carbocycles. The molecule has 3 N–H and O–H groups in total. The number of H-pyrrole nitrogens is 1. The van der Waals surface area contributed by atoms with Gasteiger partial charge in [-0.05, 0) is 41.5 Å². The van der Waals surface area contributed by atoms with Crippen LogP contribution in [-0.2, 0) is 11.1 Å². The SMILES string of the molecule is CNc1nc2c(ncn2C(C)(C)C)c(=O)[nH]1.CNc1ncnc2c1ncn2C(C)(C)C. The van der Waals surface area contributed by atoms with Gasteiger partial charge in [0.15, 0.2) is 22.6 Å². The van der Waals surface area contributed by atoms with Crippen LogP contribution in [0.25, 0.3) is 22.3 Å². The maximum atomic E-state index is 11.7. The first-order valence-electron chi connectivity index (χ1n) is 9.99. The lowest BCUT2D eigenvalue weighted by molar-refractivity contribution is 0.405. The largest absolute Gasteiger partial charge is 0.371 e. The summed E-state index contributed by atoms with van der Waals surface area (Å²) in [7, 11) is 3.54. The highest BCUT2D eigenvalue weighted by molar-refractivity contribution is 5.82. The van der Waals surface area contributed by atoms with Gasteiger partial charge in [-0.1, -0.05) is 0 Å². The number of hydrogen-bond donors (Lipinski definition) is 3. The van der Waals surface area contributed by atoms with Gasteiger partial charge < -0.3 is 19.8 Å². The molecule has 166 valence electrons. The molecule has 11 heteroatoms. The number of aromatic nitrogens is 8. The zero-order valence-electron chi connectivity index (χ0n) is 19.3. The van der Waals surface area contributed by atoms with E-state index >= 15 is 0 Å². The van der Waals surface area contributed by atoms with Crippen molar-refractivity contribution in [2.45, 2.75) is 52.6 Å². The van der Waals surface area contributed by atoms with Crippen LogP contribution in [0.15, 0.2) is 23.8 Å². The molecule has 0 fully saturated rings. The van der Waals surface area contributed by atoms with E-state index in [1.807, 2.05) is 37.0 Å². The second-order valence-electron chi connectivity index (χ2n) is 9.05. The summed E-state index contributed by atoms with van der Waals surface area (Å²) in [6.45, 7) is 12.5. The monoisotopic (exact) mass is 426 g/mol. The summed E-state index contributed by atoms with van der Waals surface area (Å²) < 4.78 is 3.93. The van der Waals surface area contributed by atoms with Crippen LogP contribution in [0.4, 0.5) is 11.8 Å². The number of imidazole rings is 2. The molecule has 4 aromatic rings. The Hall–Kier alpha value is -3.50. The van der Waals surface area contributed by atoms with Crippen molar-refractivity contribution in [2.24, 2.45) is 0 Å². The fraction of sp³-hybridized carbons (Fsp3) is 0.500. The molecule has 0 aliphatic heterocycles. The molecular weight excluding hydrogens is 396 g/mol. The average molecular weight is 427 g/mol. The molecule has 11 nitrogen and oxygen atoms in total. The van der Waals surface area contributed by atoms with Crippen LogP contribution in [0.3, 0.4) is 0 Å². The fourth-order valence-corrected chi connectivity index (χ4v) is 3.03. The summed E-state index contributed by atoms with van der Waals surface area (Å²) in [5.74, 6) is 1.21. The number of hydrogen-bond acceptors (Lipinski definition) is 8. The lowest BCUT2D eigenvalue weighted by atomic mass is 10.1. The first kappa shape index (κ1) is 22.2. The van der Waals surface area contributed by atoms with Crippen LogP contribution in [-0.4, -0.2) is 53.1 Å². The molecule has 0 aromatic carbocycles. The standard InChI is InChI=1S/C10H15N5O.C10H15N5/c1-10(2,3)15-5-12-6-7(15)13-9(11-4)14-8(6)16;1-10(2,3)15-6-14-7-8(11-4)12-5-13-9(7)15/h5H,1-4H3,(H2,11,13,14,16);5-6H,1-4H3,(H,11,12,13). The second-order valence-corrected chi connectivity index (χ2v) is 9.05. The third kappa shape index (κ3) is 4.35. The van der Waals surface area contributed by atoms with Crippen LogP contribution < -0.4 is 16.2 Å². The van der Waals surface area contributed by atoms with Gasteiger partial charge in [0.1, 0.15) is 11.8 Å². The predicted octanol–water partition coefficient (Wildman–Crippen LogP) is 2.54. The first-order valence-corrected chi connectivity index (χ1v) is 9.99. The quantitative estimate of drug-likeness (QED) is 0.446. The third-order valence-corrected chi connectivity index (χ3v) is 4.66. The summed E-state index contributed by atoms with van der Waals surface area (Å²) in [5.41, 5.74) is 2.25. The lowest BCUT2D eigenvalue weighted by Crippen LogP contribution is -2.22. The highest BCUT2D eigenvalue weighted by atomic mass is 16.1. The van der Waals surface area contributed by atoms with E-state index in [2.05, 4.69) is 61.3 Å². The first-order chi connectivity index (χ1) is 14.5. The molecule has 0 saturated carbocycles. The fourth-order valence-electron chi connectivity index (χ4n) is 3.03. The van der Waals surface area contributed by atoms with Crippen LogP contribution in [0.5, 0.6) is 0 Å². The highest BCUT2D eigenvalue weighted by Crippen LogP contribution is 2.23. The average Bonchev–Trinajstić information content (AvgIpc) is 3.32. The van der Waals surface area contributed by atoms with Gasteiger partial charge in [0, 0.05) is 25.2 Å². The van der Waals surface area contributed by atoms with E-state index < -0.39 is 0 Å². The van der Waals surface area contributed by atoms with E-state index in [0.717, 1.165) is 17.0 Å². The van der Waals surface area contributed by atoms with E-state index in [9.17, 15) is 4.79 Å². The van der Waals surface area contributed by atoms with Crippen LogP contribution in [0, 0.1) is 0 Å². The van der Waals surface area contributed by atoms with E-state index in [4.69, 9.17) is 0 Å². The number of nitrogens with one attached hydrogen (secondary N) is 3. The Morgan fingerprint density at radius 1 is 0.806 bits per heavy atom. The van der Waals surface area contributed by atoms with Gasteiger partial charge in [0.25, 0.3) is 5.56 Å². The second kappa shape index (κ2) is 7.97. The van der Waals surface area contributed by atoms with E-state index in [1.165, 1.54) is 0 Å². The third-order valence-electron chi connectivity index (χ3n) is 4.66. The van der Waals surface area contributed by atoms with Gasteiger partial charge in [0.05, 0.1) is 12.7 Å². The molecule has 0 spiro atoms. The Bertz CT molecular complexity index is 1250. The van der Waals surface area contributed by atoms with Crippen molar-refractivity contribution < 1.29 is 0 Å². The zero-order chi connectivity index (χ0) is 23.0. The number of nitrogens with zero attached hydrogens (tertiary/aromatic N) is 7. The summed E-state index contributed by atoms with van der Waals surface area (Å²) in [5, 5.41) is 5.83. The maximum absolute atomic E-state index is 11.7. The van der Waals surface area contributed by atoms with Gasteiger partial charge >= 0.3 is 0 Å². The molecule has 4 aromatic heterocycles. The number of rotatable bonds is 2. The van der Waals surface area contributed by atoms with E-state index in [-0.39, 0.29) is 16.6 Å². The lowest BCUT2D eigenvalue weighted by Gasteiger charge is -2.20. The minimum Gasteiger partial charge on any atom is -0.371 e. The summed E-state index contributed by atoms with van der Waals surface area (Å²) >= 11 is 0. The van der Waals surface area contributed by atoms with Gasteiger partial charge in [-0.2, -0.15) is 4.98 Å². The summed E-state index contributed by atoms with van der Waals surface area (Å²) in [4.78, 5) is 35.4. The van der Waals surface area contributed by atoms with Crippen LogP contribution in [0.2, 0.25) is 0 Å². The van der Waals surface area contributed by atoms with Crippen molar-refractivity contribution in [1.29, 1.82) is 0 Å². The maximum Gasteiger partial charge on any atom is 0.280 e. The molecule has 0 bridgehead atoms. The number of fused-ring (bicyclic) bond motifs is 2. The van der Waals surface area contributed by atoms with Gasteiger partial charge in [-0.3, -0.25) is 9.78 Å². The molecule has 0 radical (unpaired) electrons. The molecule has 31 heavy (non-hydrogen) atoms. The normalized spacial score (nSPS) is 12.0. The smallest absolute Gasteiger partial charge is 0.280 e. The summed E-state index contributed by atoms with van der Waals surface area (Å²) in [6, 6.07) is 0.